The van der Waals surface area contributed by atoms with Crippen LogP contribution in [0.5, 0.6) is 0 Å². The molecule has 0 radical (unpaired) electrons. The van der Waals surface area contributed by atoms with Gasteiger partial charge in [0.15, 0.2) is 0 Å². The molecule has 0 bridgehead atoms. The van der Waals surface area contributed by atoms with E-state index in [0.717, 1.165) is 28.2 Å². The molecule has 0 spiro atoms. The molecule has 5 heteroatoms. The number of thiophene rings is 2. The van der Waals surface area contributed by atoms with Gasteiger partial charge in [0.1, 0.15) is 12.1 Å². The van der Waals surface area contributed by atoms with Crippen molar-refractivity contribution in [2.75, 3.05) is 4.90 Å². The quantitative estimate of drug-likeness (QED) is 0.207. The van der Waals surface area contributed by atoms with Gasteiger partial charge in [-0.1, -0.05) is 54.6 Å². The fourth-order valence-corrected chi connectivity index (χ4v) is 8.04. The van der Waals surface area contributed by atoms with Crippen LogP contribution >= 0.6 is 22.7 Å². The zero-order valence-electron chi connectivity index (χ0n) is 22.8. The third-order valence-electron chi connectivity index (χ3n) is 7.96. The zero-order valence-corrected chi connectivity index (χ0v) is 24.4. The first-order chi connectivity index (χ1) is 21.2. The van der Waals surface area contributed by atoms with Gasteiger partial charge in [-0.25, -0.2) is 0 Å². The second kappa shape index (κ2) is 10.1. The summed E-state index contributed by atoms with van der Waals surface area (Å²) in [6.07, 6.45) is 0. The molecule has 6 aromatic carbocycles. The van der Waals surface area contributed by atoms with Crippen LogP contribution in [0.3, 0.4) is 0 Å². The van der Waals surface area contributed by atoms with Crippen LogP contribution in [-0.4, -0.2) is 0 Å². The van der Waals surface area contributed by atoms with Crippen molar-refractivity contribution in [3.05, 3.63) is 139 Å². The van der Waals surface area contributed by atoms with Gasteiger partial charge in [-0.3, -0.25) is 0 Å². The molecule has 0 atom stereocenters. The lowest BCUT2D eigenvalue weighted by molar-refractivity contribution is 1.30. The first-order valence-corrected chi connectivity index (χ1v) is 15.5. The molecule has 0 unspecified atom stereocenters. The van der Waals surface area contributed by atoms with Gasteiger partial charge in [0.2, 0.25) is 0 Å². The van der Waals surface area contributed by atoms with Gasteiger partial charge in [-0.15, -0.1) is 22.7 Å². The largest absolute Gasteiger partial charge is 0.310 e. The minimum atomic E-state index is 0.387. The molecule has 0 saturated carbocycles. The van der Waals surface area contributed by atoms with Gasteiger partial charge >= 0.3 is 0 Å². The van der Waals surface area contributed by atoms with Crippen LogP contribution in [0.15, 0.2) is 127 Å². The normalized spacial score (nSPS) is 11.2. The minimum Gasteiger partial charge on any atom is -0.310 e. The van der Waals surface area contributed by atoms with E-state index in [1.54, 1.807) is 12.1 Å². The van der Waals surface area contributed by atoms with E-state index in [-0.39, 0.29) is 0 Å². The second-order valence-corrected chi connectivity index (χ2v) is 12.6. The molecule has 0 saturated heterocycles. The lowest BCUT2D eigenvalue weighted by atomic mass is 9.99. The molecule has 43 heavy (non-hydrogen) atoms. The maximum Gasteiger partial charge on any atom is 0.101 e. The summed E-state index contributed by atoms with van der Waals surface area (Å²) in [4.78, 5) is 2.32. The Labute approximate surface area is 256 Å². The summed E-state index contributed by atoms with van der Waals surface area (Å²) in [5.74, 6) is 0. The molecule has 200 valence electrons. The highest BCUT2D eigenvalue weighted by Gasteiger charge is 2.17. The Kier molecular flexibility index (Phi) is 5.94. The predicted molar refractivity (Wildman–Crippen MR) is 182 cm³/mol. The van der Waals surface area contributed by atoms with Crippen molar-refractivity contribution in [2.24, 2.45) is 0 Å². The van der Waals surface area contributed by atoms with Crippen LogP contribution in [0.25, 0.3) is 51.5 Å². The smallest absolute Gasteiger partial charge is 0.101 e. The highest BCUT2D eigenvalue weighted by atomic mass is 32.1. The van der Waals surface area contributed by atoms with Gasteiger partial charge in [0.05, 0.1) is 11.1 Å². The number of hydrogen-bond acceptors (Lipinski definition) is 5. The SMILES string of the molecule is N#Cc1ccc(-c2ccc(N(c3ccc4sc5ccccc5c4c3)c3ccc4sc5ccccc5c4c3)cc2)cc1C#N. The molecular formula is C38H21N3S2. The Morgan fingerprint density at radius 3 is 1.47 bits per heavy atom. The fourth-order valence-electron chi connectivity index (χ4n) is 5.87. The third-order valence-corrected chi connectivity index (χ3v) is 10.3. The summed E-state index contributed by atoms with van der Waals surface area (Å²) >= 11 is 3.65. The average molecular weight is 584 g/mol. The van der Waals surface area contributed by atoms with E-state index in [4.69, 9.17) is 0 Å². The van der Waals surface area contributed by atoms with Crippen molar-refractivity contribution in [3.8, 4) is 23.3 Å². The Hall–Kier alpha value is -5.46. The van der Waals surface area contributed by atoms with Gasteiger partial charge < -0.3 is 4.90 Å². The molecule has 0 amide bonds. The maximum atomic E-state index is 9.53. The molecular weight excluding hydrogens is 563 g/mol. The van der Waals surface area contributed by atoms with E-state index in [2.05, 4.69) is 126 Å². The van der Waals surface area contributed by atoms with E-state index in [0.29, 0.717) is 11.1 Å². The van der Waals surface area contributed by atoms with Crippen LogP contribution in [0.2, 0.25) is 0 Å². The van der Waals surface area contributed by atoms with Crippen molar-refractivity contribution in [2.45, 2.75) is 0 Å². The summed E-state index contributed by atoms with van der Waals surface area (Å²) in [5.41, 5.74) is 5.89. The van der Waals surface area contributed by atoms with Gasteiger partial charge in [0.25, 0.3) is 0 Å². The molecule has 3 nitrogen and oxygen atoms in total. The number of benzene rings is 6. The number of rotatable bonds is 4. The fraction of sp³-hybridized carbons (Fsp3) is 0. The number of hydrogen-bond donors (Lipinski definition) is 0. The maximum absolute atomic E-state index is 9.53. The monoisotopic (exact) mass is 583 g/mol. The molecule has 2 heterocycles. The van der Waals surface area contributed by atoms with E-state index in [1.165, 1.54) is 40.3 Å². The van der Waals surface area contributed by atoms with Crippen molar-refractivity contribution < 1.29 is 0 Å². The number of nitriles is 2. The molecule has 0 fully saturated rings. The van der Waals surface area contributed by atoms with Crippen LogP contribution in [0.1, 0.15) is 11.1 Å². The molecule has 0 N–H and O–H groups in total. The second-order valence-electron chi connectivity index (χ2n) is 10.4. The molecule has 2 aromatic heterocycles. The lowest BCUT2D eigenvalue weighted by Gasteiger charge is -2.26. The summed E-state index contributed by atoms with van der Waals surface area (Å²) in [6, 6.07) is 48.8. The van der Waals surface area contributed by atoms with Crippen molar-refractivity contribution in [3.63, 3.8) is 0 Å². The topological polar surface area (TPSA) is 50.8 Å². The highest BCUT2D eigenvalue weighted by molar-refractivity contribution is 7.26. The standard InChI is InChI=1S/C38H21N3S2/c39-22-26-10-9-25(19-27(26)23-40)24-11-13-28(14-12-24)41(29-15-17-37-33(20-29)31-5-1-3-7-35(31)42-37)30-16-18-38-34(21-30)32-6-2-4-8-36(32)43-38/h1-21H. The summed E-state index contributed by atoms with van der Waals surface area (Å²) in [5, 5.41) is 23.9. The van der Waals surface area contributed by atoms with Gasteiger partial charge in [-0.05, 0) is 83.9 Å². The van der Waals surface area contributed by atoms with Crippen LogP contribution in [0, 0.1) is 22.7 Å². The lowest BCUT2D eigenvalue weighted by Crippen LogP contribution is -2.09. The minimum absolute atomic E-state index is 0.387. The summed E-state index contributed by atoms with van der Waals surface area (Å²) < 4.78 is 5.12. The van der Waals surface area contributed by atoms with E-state index < -0.39 is 0 Å². The molecule has 0 aliphatic rings. The Balaban J connectivity index is 1.30. The van der Waals surface area contributed by atoms with Crippen molar-refractivity contribution in [1.29, 1.82) is 10.5 Å². The average Bonchev–Trinajstić information content (AvgIpc) is 3.63. The third kappa shape index (κ3) is 4.23. The van der Waals surface area contributed by atoms with Crippen molar-refractivity contribution in [1.82, 2.24) is 0 Å². The number of nitrogens with zero attached hydrogens (tertiary/aromatic N) is 3. The molecule has 0 aliphatic heterocycles. The highest BCUT2D eigenvalue weighted by Crippen LogP contribution is 2.43. The number of fused-ring (bicyclic) bond motifs is 6. The van der Waals surface area contributed by atoms with Crippen LogP contribution in [0.4, 0.5) is 17.1 Å². The first kappa shape index (κ1) is 25.3. The summed E-state index contributed by atoms with van der Waals surface area (Å²) in [7, 11) is 0. The van der Waals surface area contributed by atoms with Gasteiger partial charge in [-0.2, -0.15) is 10.5 Å². The van der Waals surface area contributed by atoms with E-state index in [9.17, 15) is 10.5 Å². The Morgan fingerprint density at radius 2 is 0.907 bits per heavy atom. The Morgan fingerprint density at radius 1 is 0.419 bits per heavy atom. The Bertz CT molecular complexity index is 2320. The predicted octanol–water partition coefficient (Wildman–Crippen LogP) is 11.3. The molecule has 8 aromatic rings. The van der Waals surface area contributed by atoms with E-state index in [1.807, 2.05) is 28.7 Å². The van der Waals surface area contributed by atoms with Crippen molar-refractivity contribution >= 4 is 80.1 Å². The zero-order chi connectivity index (χ0) is 28.9. The molecule has 0 aliphatic carbocycles. The number of anilines is 3. The van der Waals surface area contributed by atoms with Crippen LogP contribution in [-0.2, 0) is 0 Å². The van der Waals surface area contributed by atoms with Crippen LogP contribution < -0.4 is 4.90 Å². The van der Waals surface area contributed by atoms with Gasteiger partial charge in [0, 0.05) is 57.4 Å². The molecule has 8 rings (SSSR count). The summed E-state index contributed by atoms with van der Waals surface area (Å²) in [6.45, 7) is 0. The van der Waals surface area contributed by atoms with E-state index >= 15 is 0 Å². The first-order valence-electron chi connectivity index (χ1n) is 13.9.